The van der Waals surface area contributed by atoms with E-state index in [1.807, 2.05) is 17.5 Å². The number of fused-ring (bicyclic) bond motifs is 1. The number of hydrogen-bond donors (Lipinski definition) is 2. The Morgan fingerprint density at radius 3 is 3.14 bits per heavy atom. The fourth-order valence-corrected chi connectivity index (χ4v) is 4.58. The van der Waals surface area contributed by atoms with Gasteiger partial charge in [-0.1, -0.05) is 0 Å². The molecule has 0 bridgehead atoms. The number of rotatable bonds is 3. The number of aromatic nitrogens is 1. The van der Waals surface area contributed by atoms with Crippen LogP contribution < -0.4 is 10.6 Å². The Morgan fingerprint density at radius 1 is 1.33 bits per heavy atom. The number of piperidine rings is 1. The van der Waals surface area contributed by atoms with Crippen molar-refractivity contribution in [3.63, 3.8) is 0 Å². The van der Waals surface area contributed by atoms with Gasteiger partial charge in [0, 0.05) is 39.3 Å². The fourth-order valence-electron chi connectivity index (χ4n) is 2.79. The Labute approximate surface area is 132 Å². The van der Waals surface area contributed by atoms with Crippen LogP contribution in [0.2, 0.25) is 0 Å². The summed E-state index contributed by atoms with van der Waals surface area (Å²) >= 11 is 3.59. The molecule has 0 saturated carbocycles. The minimum Gasteiger partial charge on any atom is -0.366 e. The number of thiophene rings is 2. The van der Waals surface area contributed by atoms with Crippen LogP contribution in [-0.4, -0.2) is 24.1 Å². The molecular weight excluding hydrogens is 298 g/mol. The van der Waals surface area contributed by atoms with Crippen molar-refractivity contribution in [3.8, 4) is 10.4 Å². The molecule has 3 aromatic heterocycles. The van der Waals surface area contributed by atoms with Gasteiger partial charge in [0.1, 0.15) is 5.82 Å². The molecule has 0 aliphatic carbocycles. The SMILES string of the molecule is c1cc2sc(-c3ccsc3)cc2c(N[C@H]2CCCNC2)n1. The van der Waals surface area contributed by atoms with Gasteiger partial charge >= 0.3 is 0 Å². The molecule has 0 unspecified atom stereocenters. The van der Waals surface area contributed by atoms with Gasteiger partial charge in [0.15, 0.2) is 0 Å². The summed E-state index contributed by atoms with van der Waals surface area (Å²) in [4.78, 5) is 5.89. The van der Waals surface area contributed by atoms with E-state index in [1.54, 1.807) is 11.3 Å². The molecular formula is C16H17N3S2. The zero-order valence-corrected chi connectivity index (χ0v) is 13.3. The van der Waals surface area contributed by atoms with Crippen LogP contribution in [0.25, 0.3) is 20.5 Å². The van der Waals surface area contributed by atoms with E-state index in [4.69, 9.17) is 0 Å². The minimum absolute atomic E-state index is 0.487. The first-order chi connectivity index (χ1) is 10.4. The Balaban J connectivity index is 1.68. The van der Waals surface area contributed by atoms with Crippen LogP contribution in [-0.2, 0) is 0 Å². The lowest BCUT2D eigenvalue weighted by Crippen LogP contribution is -2.38. The quantitative estimate of drug-likeness (QED) is 0.761. The average Bonchev–Trinajstić information content (AvgIpc) is 3.18. The molecule has 1 aliphatic rings. The van der Waals surface area contributed by atoms with Gasteiger partial charge in [0.05, 0.1) is 0 Å². The van der Waals surface area contributed by atoms with Gasteiger partial charge in [-0.15, -0.1) is 11.3 Å². The largest absolute Gasteiger partial charge is 0.366 e. The van der Waals surface area contributed by atoms with E-state index in [1.165, 1.54) is 33.4 Å². The smallest absolute Gasteiger partial charge is 0.134 e. The van der Waals surface area contributed by atoms with Crippen molar-refractivity contribution >= 4 is 38.6 Å². The first-order valence-electron chi connectivity index (χ1n) is 7.28. The molecule has 1 atom stereocenters. The van der Waals surface area contributed by atoms with Crippen LogP contribution >= 0.6 is 22.7 Å². The summed E-state index contributed by atoms with van der Waals surface area (Å²) in [6.07, 6.45) is 4.36. The molecule has 1 fully saturated rings. The van der Waals surface area contributed by atoms with E-state index < -0.39 is 0 Å². The highest BCUT2D eigenvalue weighted by Gasteiger charge is 2.15. The molecule has 1 aliphatic heterocycles. The van der Waals surface area contributed by atoms with E-state index in [0.29, 0.717) is 6.04 Å². The molecule has 21 heavy (non-hydrogen) atoms. The zero-order valence-electron chi connectivity index (χ0n) is 11.6. The predicted octanol–water partition coefficient (Wildman–Crippen LogP) is 4.19. The number of pyridine rings is 1. The number of anilines is 1. The Morgan fingerprint density at radius 2 is 2.33 bits per heavy atom. The molecule has 4 rings (SSSR count). The van der Waals surface area contributed by atoms with Crippen LogP contribution in [0, 0.1) is 0 Å². The second-order valence-electron chi connectivity index (χ2n) is 5.38. The molecule has 0 aromatic carbocycles. The topological polar surface area (TPSA) is 37.0 Å². The van der Waals surface area contributed by atoms with Crippen LogP contribution in [0.5, 0.6) is 0 Å². The van der Waals surface area contributed by atoms with Crippen LogP contribution in [0.15, 0.2) is 35.2 Å². The molecule has 0 radical (unpaired) electrons. The van der Waals surface area contributed by atoms with Gasteiger partial charge in [-0.2, -0.15) is 11.3 Å². The van der Waals surface area contributed by atoms with Crippen LogP contribution in [0.3, 0.4) is 0 Å². The maximum Gasteiger partial charge on any atom is 0.134 e. The lowest BCUT2D eigenvalue weighted by atomic mass is 10.1. The van der Waals surface area contributed by atoms with Gasteiger partial charge in [-0.3, -0.25) is 0 Å². The summed E-state index contributed by atoms with van der Waals surface area (Å²) < 4.78 is 1.30. The summed E-state index contributed by atoms with van der Waals surface area (Å²) in [5.74, 6) is 1.03. The molecule has 3 nitrogen and oxygen atoms in total. The van der Waals surface area contributed by atoms with E-state index >= 15 is 0 Å². The summed E-state index contributed by atoms with van der Waals surface area (Å²) in [5, 5.41) is 12.6. The van der Waals surface area contributed by atoms with Gasteiger partial charge in [0.2, 0.25) is 0 Å². The van der Waals surface area contributed by atoms with E-state index in [-0.39, 0.29) is 0 Å². The third-order valence-corrected chi connectivity index (χ3v) is 5.72. The highest BCUT2D eigenvalue weighted by atomic mass is 32.1. The van der Waals surface area contributed by atoms with Crippen molar-refractivity contribution < 1.29 is 0 Å². The summed E-state index contributed by atoms with van der Waals surface area (Å²) in [7, 11) is 0. The highest BCUT2D eigenvalue weighted by molar-refractivity contribution is 7.22. The summed E-state index contributed by atoms with van der Waals surface area (Å²) in [5.41, 5.74) is 1.31. The second kappa shape index (κ2) is 5.75. The Kier molecular flexibility index (Phi) is 3.63. The van der Waals surface area contributed by atoms with Crippen LogP contribution in [0.4, 0.5) is 5.82 Å². The van der Waals surface area contributed by atoms with Crippen molar-refractivity contribution in [2.24, 2.45) is 0 Å². The van der Waals surface area contributed by atoms with Crippen molar-refractivity contribution in [2.45, 2.75) is 18.9 Å². The van der Waals surface area contributed by atoms with E-state index in [9.17, 15) is 0 Å². The summed E-state index contributed by atoms with van der Waals surface area (Å²) in [6, 6.07) is 7.05. The van der Waals surface area contributed by atoms with Gasteiger partial charge in [-0.05, 0) is 48.3 Å². The third-order valence-electron chi connectivity index (χ3n) is 3.89. The zero-order chi connectivity index (χ0) is 14.1. The maximum absolute atomic E-state index is 4.57. The number of nitrogens with zero attached hydrogens (tertiary/aromatic N) is 1. The molecule has 5 heteroatoms. The first-order valence-corrected chi connectivity index (χ1v) is 9.04. The normalized spacial score (nSPS) is 19.0. The second-order valence-corrected chi connectivity index (χ2v) is 7.25. The molecule has 2 N–H and O–H groups in total. The average molecular weight is 315 g/mol. The lowest BCUT2D eigenvalue weighted by molar-refractivity contribution is 0.479. The first kappa shape index (κ1) is 13.2. The fraction of sp³-hybridized carbons (Fsp3) is 0.312. The minimum atomic E-state index is 0.487. The van der Waals surface area contributed by atoms with Gasteiger partial charge < -0.3 is 10.6 Å². The molecule has 0 amide bonds. The van der Waals surface area contributed by atoms with Gasteiger partial charge in [0.25, 0.3) is 0 Å². The number of nitrogens with one attached hydrogen (secondary N) is 2. The summed E-state index contributed by atoms with van der Waals surface area (Å²) in [6.45, 7) is 2.16. The van der Waals surface area contributed by atoms with Crippen molar-refractivity contribution in [1.29, 1.82) is 0 Å². The van der Waals surface area contributed by atoms with E-state index in [0.717, 1.165) is 18.9 Å². The molecule has 108 valence electrons. The molecule has 0 spiro atoms. The predicted molar refractivity (Wildman–Crippen MR) is 92.4 cm³/mol. The van der Waals surface area contributed by atoms with Crippen molar-refractivity contribution in [1.82, 2.24) is 10.3 Å². The third kappa shape index (κ3) is 2.69. The van der Waals surface area contributed by atoms with Gasteiger partial charge in [-0.25, -0.2) is 4.98 Å². The standard InChI is InChI=1S/C16H17N3S2/c1-2-12(9-17-5-1)19-16-13-8-15(11-4-7-20-10-11)21-14(13)3-6-18-16/h3-4,6-8,10,12,17H,1-2,5,9H2,(H,18,19)/t12-/m0/s1. The molecule has 4 heterocycles. The lowest BCUT2D eigenvalue weighted by Gasteiger charge is -2.24. The van der Waals surface area contributed by atoms with E-state index in [2.05, 4.69) is 44.6 Å². The van der Waals surface area contributed by atoms with Crippen molar-refractivity contribution in [3.05, 3.63) is 35.2 Å². The monoisotopic (exact) mass is 315 g/mol. The Hall–Kier alpha value is -1.43. The maximum atomic E-state index is 4.57. The Bertz CT molecular complexity index is 727. The van der Waals surface area contributed by atoms with Crippen molar-refractivity contribution in [2.75, 3.05) is 18.4 Å². The molecule has 1 saturated heterocycles. The highest BCUT2D eigenvalue weighted by Crippen LogP contribution is 2.37. The number of hydrogen-bond acceptors (Lipinski definition) is 5. The molecule has 3 aromatic rings. The van der Waals surface area contributed by atoms with Crippen LogP contribution in [0.1, 0.15) is 12.8 Å².